The summed E-state index contributed by atoms with van der Waals surface area (Å²) in [6.07, 6.45) is 3.15. The Morgan fingerprint density at radius 1 is 1.26 bits per heavy atom. The number of amides is 1. The Morgan fingerprint density at radius 3 is 2.93 bits per heavy atom. The number of halogens is 1. The predicted octanol–water partition coefficient (Wildman–Crippen LogP) is 2.40. The molecular weight excluding hydrogens is 412 g/mol. The maximum atomic E-state index is 12.7. The Balaban J connectivity index is 1.64. The van der Waals surface area contributed by atoms with Crippen LogP contribution in [0.15, 0.2) is 52.1 Å². The van der Waals surface area contributed by atoms with Crippen LogP contribution >= 0.6 is 15.9 Å². The van der Waals surface area contributed by atoms with Crippen LogP contribution in [-0.2, 0) is 17.8 Å². The summed E-state index contributed by atoms with van der Waals surface area (Å²) in [5.41, 5.74) is 1.99. The van der Waals surface area contributed by atoms with E-state index in [4.69, 9.17) is 0 Å². The van der Waals surface area contributed by atoms with Gasteiger partial charge >= 0.3 is 0 Å². The maximum absolute atomic E-state index is 12.7. The fourth-order valence-corrected chi connectivity index (χ4v) is 3.28. The third-order valence-corrected chi connectivity index (χ3v) is 4.68. The van der Waals surface area contributed by atoms with Gasteiger partial charge in [-0.05, 0) is 37.3 Å². The first-order valence-corrected chi connectivity index (χ1v) is 9.13. The summed E-state index contributed by atoms with van der Waals surface area (Å²) >= 11 is 3.41. The zero-order chi connectivity index (χ0) is 19.0. The number of carbonyl (C=O) groups excluding carboxylic acids is 1. The number of aryl methyl sites for hydroxylation is 1. The van der Waals surface area contributed by atoms with E-state index >= 15 is 0 Å². The first-order chi connectivity index (χ1) is 13.0. The van der Waals surface area contributed by atoms with Crippen molar-refractivity contribution in [2.75, 3.05) is 5.32 Å². The first kappa shape index (κ1) is 17.3. The van der Waals surface area contributed by atoms with Crippen molar-refractivity contribution >= 4 is 44.1 Å². The highest BCUT2D eigenvalue weighted by Crippen LogP contribution is 2.17. The van der Waals surface area contributed by atoms with Gasteiger partial charge in [0.05, 0.1) is 17.6 Å². The number of fused-ring (bicyclic) bond motifs is 2. The number of pyridine rings is 1. The van der Waals surface area contributed by atoms with Gasteiger partial charge in [-0.3, -0.25) is 18.7 Å². The molecule has 27 heavy (non-hydrogen) atoms. The molecule has 0 saturated heterocycles. The summed E-state index contributed by atoms with van der Waals surface area (Å²) in [4.78, 5) is 25.2. The molecular formula is C18H15BrN6O2. The highest BCUT2D eigenvalue weighted by Gasteiger charge is 2.14. The van der Waals surface area contributed by atoms with Gasteiger partial charge in [0.2, 0.25) is 11.3 Å². The lowest BCUT2D eigenvalue weighted by atomic mass is 10.1. The molecule has 0 fully saturated rings. The Kier molecular flexibility index (Phi) is 4.44. The number of benzene rings is 1. The molecule has 0 unspecified atom stereocenters. The minimum Gasteiger partial charge on any atom is -0.324 e. The number of nitrogens with zero attached hydrogens (tertiary/aromatic N) is 5. The third kappa shape index (κ3) is 3.33. The summed E-state index contributed by atoms with van der Waals surface area (Å²) < 4.78 is 4.30. The number of hydrogen-bond donors (Lipinski definition) is 1. The fraction of sp³-hybridized carbons (Fsp3) is 0.167. The number of hydrogen-bond acceptors (Lipinski definition) is 5. The molecule has 8 nitrogen and oxygen atoms in total. The minimum absolute atomic E-state index is 0.106. The molecule has 4 aromatic rings. The van der Waals surface area contributed by atoms with Crippen LogP contribution in [0.5, 0.6) is 0 Å². The Morgan fingerprint density at radius 2 is 2.11 bits per heavy atom. The van der Waals surface area contributed by atoms with Crippen LogP contribution in [0, 0.1) is 0 Å². The van der Waals surface area contributed by atoms with Crippen molar-refractivity contribution < 1.29 is 4.79 Å². The molecule has 9 heteroatoms. The van der Waals surface area contributed by atoms with Crippen LogP contribution in [0.2, 0.25) is 0 Å². The molecule has 0 bridgehead atoms. The van der Waals surface area contributed by atoms with Crippen LogP contribution in [0.4, 0.5) is 5.69 Å². The van der Waals surface area contributed by atoms with Crippen LogP contribution < -0.4 is 10.7 Å². The zero-order valence-corrected chi connectivity index (χ0v) is 16.0. The van der Waals surface area contributed by atoms with Gasteiger partial charge in [-0.2, -0.15) is 5.10 Å². The molecule has 0 radical (unpaired) electrons. The maximum Gasteiger partial charge on any atom is 0.230 e. The topological polar surface area (TPSA) is 94.2 Å². The quantitative estimate of drug-likeness (QED) is 0.540. The number of aromatic nitrogens is 5. The molecule has 4 rings (SSSR count). The van der Waals surface area contributed by atoms with Gasteiger partial charge in [-0.1, -0.05) is 15.9 Å². The second-order valence-electron chi connectivity index (χ2n) is 5.99. The lowest BCUT2D eigenvalue weighted by Gasteiger charge is -2.11. The van der Waals surface area contributed by atoms with Crippen molar-refractivity contribution in [1.82, 2.24) is 24.4 Å². The molecule has 0 spiro atoms. The molecule has 1 amide bonds. The van der Waals surface area contributed by atoms with Gasteiger partial charge < -0.3 is 5.32 Å². The molecule has 136 valence electrons. The first-order valence-electron chi connectivity index (χ1n) is 8.33. The SMILES string of the molecule is CCn1nc(CC(=O)Nc2ccc3nncn3c2)c(=O)c2ccc(Br)cc21. The van der Waals surface area contributed by atoms with Crippen LogP contribution in [-0.4, -0.2) is 30.3 Å². The summed E-state index contributed by atoms with van der Waals surface area (Å²) in [6, 6.07) is 8.89. The minimum atomic E-state index is -0.314. The van der Waals surface area contributed by atoms with Gasteiger partial charge in [-0.15, -0.1) is 10.2 Å². The van der Waals surface area contributed by atoms with E-state index in [-0.39, 0.29) is 23.5 Å². The van der Waals surface area contributed by atoms with E-state index in [1.165, 1.54) is 0 Å². The molecule has 3 heterocycles. The number of rotatable bonds is 4. The normalized spacial score (nSPS) is 11.2. The second-order valence-corrected chi connectivity index (χ2v) is 6.91. The average Bonchev–Trinajstić information content (AvgIpc) is 3.11. The van der Waals surface area contributed by atoms with Gasteiger partial charge in [0.1, 0.15) is 12.0 Å². The van der Waals surface area contributed by atoms with E-state index in [1.807, 2.05) is 19.1 Å². The number of carbonyl (C=O) groups is 1. The summed E-state index contributed by atoms with van der Waals surface area (Å²) in [5, 5.41) is 15.4. The van der Waals surface area contributed by atoms with E-state index in [0.717, 1.165) is 9.99 Å². The molecule has 0 aliphatic carbocycles. The molecule has 1 N–H and O–H groups in total. The van der Waals surface area contributed by atoms with Gasteiger partial charge in [0, 0.05) is 22.6 Å². The standard InChI is InChI=1S/C18H15BrN6O2/c1-2-25-15-7-11(19)3-5-13(15)18(27)14(23-25)8-17(26)21-12-4-6-16-22-20-10-24(16)9-12/h3-7,9-10H,2,8H2,1H3,(H,21,26). The van der Waals surface area contributed by atoms with Crippen molar-refractivity contribution in [1.29, 1.82) is 0 Å². The lowest BCUT2D eigenvalue weighted by molar-refractivity contribution is -0.115. The highest BCUT2D eigenvalue weighted by atomic mass is 79.9. The predicted molar refractivity (Wildman–Crippen MR) is 105 cm³/mol. The molecule has 1 aromatic carbocycles. The fourth-order valence-electron chi connectivity index (χ4n) is 2.93. The highest BCUT2D eigenvalue weighted by molar-refractivity contribution is 9.10. The zero-order valence-electron chi connectivity index (χ0n) is 14.4. The van der Waals surface area contributed by atoms with Crippen molar-refractivity contribution in [3.8, 4) is 0 Å². The van der Waals surface area contributed by atoms with Gasteiger partial charge in [-0.25, -0.2) is 0 Å². The molecule has 0 aliphatic heterocycles. The van der Waals surface area contributed by atoms with Crippen molar-refractivity contribution in [2.45, 2.75) is 19.9 Å². The van der Waals surface area contributed by atoms with E-state index in [9.17, 15) is 9.59 Å². The smallest absolute Gasteiger partial charge is 0.230 e. The van der Waals surface area contributed by atoms with E-state index < -0.39 is 0 Å². The molecule has 0 atom stereocenters. The van der Waals surface area contributed by atoms with Crippen LogP contribution in [0.3, 0.4) is 0 Å². The van der Waals surface area contributed by atoms with Gasteiger partial charge in [0.15, 0.2) is 5.65 Å². The van der Waals surface area contributed by atoms with E-state index in [2.05, 4.69) is 36.5 Å². The monoisotopic (exact) mass is 426 g/mol. The molecule has 0 saturated carbocycles. The van der Waals surface area contributed by atoms with E-state index in [0.29, 0.717) is 23.3 Å². The second kappa shape index (κ2) is 6.92. The Bertz CT molecular complexity index is 1230. The van der Waals surface area contributed by atoms with Crippen molar-refractivity contribution in [3.63, 3.8) is 0 Å². The van der Waals surface area contributed by atoms with Crippen molar-refractivity contribution in [3.05, 3.63) is 63.2 Å². The largest absolute Gasteiger partial charge is 0.324 e. The Hall–Kier alpha value is -3.07. The molecule has 3 aromatic heterocycles. The van der Waals surface area contributed by atoms with Gasteiger partial charge in [0.25, 0.3) is 0 Å². The average molecular weight is 427 g/mol. The lowest BCUT2D eigenvalue weighted by Crippen LogP contribution is -2.24. The summed E-state index contributed by atoms with van der Waals surface area (Å²) in [6.45, 7) is 2.53. The summed E-state index contributed by atoms with van der Waals surface area (Å²) in [7, 11) is 0. The van der Waals surface area contributed by atoms with Crippen LogP contribution in [0.25, 0.3) is 16.6 Å². The summed E-state index contributed by atoms with van der Waals surface area (Å²) in [5.74, 6) is -0.314. The third-order valence-electron chi connectivity index (χ3n) is 4.19. The van der Waals surface area contributed by atoms with Crippen molar-refractivity contribution in [2.24, 2.45) is 0 Å². The van der Waals surface area contributed by atoms with Crippen LogP contribution in [0.1, 0.15) is 12.6 Å². The molecule has 0 aliphatic rings. The number of nitrogens with one attached hydrogen (secondary N) is 1. The Labute approximate surface area is 162 Å². The van der Waals surface area contributed by atoms with E-state index in [1.54, 1.807) is 39.8 Å². The number of anilines is 1.